The Labute approximate surface area is 81.8 Å². The Bertz CT molecular complexity index is 373. The van der Waals surface area contributed by atoms with Gasteiger partial charge in [0.2, 0.25) is 5.96 Å². The quantitative estimate of drug-likeness (QED) is 0.449. The molecule has 1 aromatic rings. The first kappa shape index (κ1) is 10.0. The van der Waals surface area contributed by atoms with Crippen molar-refractivity contribution in [2.75, 3.05) is 0 Å². The van der Waals surface area contributed by atoms with E-state index in [1.54, 1.807) is 6.07 Å². The van der Waals surface area contributed by atoms with Crippen LogP contribution < -0.4 is 16.8 Å². The van der Waals surface area contributed by atoms with E-state index in [1.807, 2.05) is 25.1 Å². The Morgan fingerprint density at radius 1 is 1.43 bits per heavy atom. The lowest BCUT2D eigenvalue weighted by atomic mass is 10.2. The topological polar surface area (TPSA) is 93.5 Å². The Morgan fingerprint density at radius 3 is 2.71 bits per heavy atom. The number of nitrogens with two attached hydrogens (primary N) is 2. The van der Waals surface area contributed by atoms with E-state index in [-0.39, 0.29) is 5.96 Å². The molecule has 0 spiro atoms. The number of carbonyl (C=O) groups excluding carboxylic acids is 1. The van der Waals surface area contributed by atoms with Crippen molar-refractivity contribution in [2.45, 2.75) is 6.92 Å². The highest BCUT2D eigenvalue weighted by Crippen LogP contribution is 2.12. The second-order valence-electron chi connectivity index (χ2n) is 2.83. The number of hydrogen-bond acceptors (Lipinski definition) is 2. The molecule has 0 aliphatic heterocycles. The number of hydrogen-bond donors (Lipinski definition) is 3. The highest BCUT2D eigenvalue weighted by atomic mass is 16.2. The molecule has 14 heavy (non-hydrogen) atoms. The molecule has 0 saturated heterocycles. The summed E-state index contributed by atoms with van der Waals surface area (Å²) in [5.74, 6) is -0.0110. The fourth-order valence-corrected chi connectivity index (χ4v) is 0.991. The van der Waals surface area contributed by atoms with E-state index < -0.39 is 6.03 Å². The lowest BCUT2D eigenvalue weighted by molar-refractivity contribution is 0.253. The predicted octanol–water partition coefficient (Wildman–Crippen LogP) is 0.610. The van der Waals surface area contributed by atoms with Crippen LogP contribution in [0.15, 0.2) is 29.3 Å². The summed E-state index contributed by atoms with van der Waals surface area (Å²) in [7, 11) is 0. The number of nitrogens with one attached hydrogen (secondary N) is 1. The molecule has 74 valence electrons. The summed E-state index contributed by atoms with van der Waals surface area (Å²) >= 11 is 0. The molecule has 5 heteroatoms. The van der Waals surface area contributed by atoms with Crippen molar-refractivity contribution in [1.29, 1.82) is 0 Å². The Hall–Kier alpha value is -2.04. The molecule has 0 fully saturated rings. The van der Waals surface area contributed by atoms with E-state index in [0.29, 0.717) is 5.69 Å². The number of rotatable bonds is 1. The van der Waals surface area contributed by atoms with E-state index in [9.17, 15) is 4.79 Å². The lowest BCUT2D eigenvalue weighted by Crippen LogP contribution is -2.39. The molecule has 0 atom stereocenters. The smallest absolute Gasteiger partial charge is 0.318 e. The van der Waals surface area contributed by atoms with Gasteiger partial charge in [-0.25, -0.2) is 9.79 Å². The largest absolute Gasteiger partial charge is 0.369 e. The maximum Gasteiger partial charge on any atom is 0.318 e. The number of nitrogens with zero attached hydrogens (tertiary/aromatic N) is 1. The van der Waals surface area contributed by atoms with Crippen LogP contribution in [-0.4, -0.2) is 12.0 Å². The van der Waals surface area contributed by atoms with Gasteiger partial charge in [-0.1, -0.05) is 12.1 Å². The van der Waals surface area contributed by atoms with Gasteiger partial charge >= 0.3 is 6.03 Å². The van der Waals surface area contributed by atoms with Crippen molar-refractivity contribution in [3.8, 4) is 0 Å². The van der Waals surface area contributed by atoms with Crippen LogP contribution in [0.2, 0.25) is 0 Å². The summed E-state index contributed by atoms with van der Waals surface area (Å²) in [6.45, 7) is 1.94. The van der Waals surface area contributed by atoms with E-state index in [2.05, 4.69) is 10.3 Å². The van der Waals surface area contributed by atoms with E-state index in [4.69, 9.17) is 11.5 Å². The highest BCUT2D eigenvalue weighted by Gasteiger charge is 1.96. The number of aliphatic imine (C=N–C) groups is 1. The summed E-state index contributed by atoms with van der Waals surface area (Å²) in [6.07, 6.45) is 0. The van der Waals surface area contributed by atoms with Gasteiger partial charge in [-0.05, 0) is 24.6 Å². The molecule has 0 radical (unpaired) electrons. The van der Waals surface area contributed by atoms with Crippen LogP contribution in [0.5, 0.6) is 0 Å². The minimum absolute atomic E-state index is 0.0110. The van der Waals surface area contributed by atoms with Crippen LogP contribution in [0.25, 0.3) is 0 Å². The summed E-state index contributed by atoms with van der Waals surface area (Å²) in [6, 6.07) is 6.69. The first-order chi connectivity index (χ1) is 6.58. The van der Waals surface area contributed by atoms with Crippen LogP contribution in [0, 0.1) is 6.92 Å². The summed E-state index contributed by atoms with van der Waals surface area (Å²) < 4.78 is 0. The van der Waals surface area contributed by atoms with Gasteiger partial charge in [0.05, 0.1) is 5.69 Å². The number of amides is 2. The SMILES string of the molecule is Cc1cccc(N=C(N)NC(N)=O)c1. The predicted molar refractivity (Wildman–Crippen MR) is 55.2 cm³/mol. The normalized spacial score (nSPS) is 11.1. The van der Waals surface area contributed by atoms with Crippen molar-refractivity contribution >= 4 is 17.7 Å². The Morgan fingerprint density at radius 2 is 2.14 bits per heavy atom. The zero-order valence-corrected chi connectivity index (χ0v) is 7.82. The van der Waals surface area contributed by atoms with Crippen molar-refractivity contribution < 1.29 is 4.79 Å². The number of primary amides is 1. The second kappa shape index (κ2) is 4.27. The number of urea groups is 1. The Kier molecular flexibility index (Phi) is 3.06. The van der Waals surface area contributed by atoms with Gasteiger partial charge in [-0.3, -0.25) is 5.32 Å². The van der Waals surface area contributed by atoms with Gasteiger partial charge in [0.25, 0.3) is 0 Å². The minimum Gasteiger partial charge on any atom is -0.369 e. The Balaban J connectivity index is 2.80. The molecule has 0 aliphatic carbocycles. The fraction of sp³-hybridized carbons (Fsp3) is 0.111. The van der Waals surface area contributed by atoms with Gasteiger partial charge < -0.3 is 11.5 Å². The standard InChI is InChI=1S/C9H12N4O/c1-6-3-2-4-7(5-6)12-8(10)13-9(11)14/h2-5H,1H3,(H5,10,11,12,13,14). The zero-order chi connectivity index (χ0) is 10.6. The third-order valence-electron chi connectivity index (χ3n) is 1.50. The van der Waals surface area contributed by atoms with Crippen molar-refractivity contribution in [2.24, 2.45) is 16.5 Å². The van der Waals surface area contributed by atoms with Gasteiger partial charge in [0.15, 0.2) is 0 Å². The van der Waals surface area contributed by atoms with Crippen LogP contribution in [0.1, 0.15) is 5.56 Å². The van der Waals surface area contributed by atoms with Crippen molar-refractivity contribution in [3.63, 3.8) is 0 Å². The monoisotopic (exact) mass is 192 g/mol. The molecule has 1 rings (SSSR count). The molecule has 1 aromatic carbocycles. The average molecular weight is 192 g/mol. The van der Waals surface area contributed by atoms with Gasteiger partial charge in [0, 0.05) is 0 Å². The molecule has 2 amide bonds. The third kappa shape index (κ3) is 3.14. The molecular formula is C9H12N4O. The first-order valence-electron chi connectivity index (χ1n) is 4.05. The van der Waals surface area contributed by atoms with E-state index in [0.717, 1.165) is 5.56 Å². The molecular weight excluding hydrogens is 180 g/mol. The van der Waals surface area contributed by atoms with Crippen LogP contribution in [-0.2, 0) is 0 Å². The van der Waals surface area contributed by atoms with Crippen molar-refractivity contribution in [1.82, 2.24) is 5.32 Å². The maximum absolute atomic E-state index is 10.4. The molecule has 5 nitrogen and oxygen atoms in total. The number of aryl methyl sites for hydroxylation is 1. The molecule has 0 heterocycles. The van der Waals surface area contributed by atoms with E-state index >= 15 is 0 Å². The molecule has 0 saturated carbocycles. The van der Waals surface area contributed by atoms with Gasteiger partial charge in [-0.2, -0.15) is 0 Å². The fourth-order valence-electron chi connectivity index (χ4n) is 0.991. The summed E-state index contributed by atoms with van der Waals surface area (Å²) in [5, 5.41) is 2.18. The van der Waals surface area contributed by atoms with Crippen molar-refractivity contribution in [3.05, 3.63) is 29.8 Å². The highest BCUT2D eigenvalue weighted by molar-refractivity contribution is 5.95. The minimum atomic E-state index is -0.723. The number of benzene rings is 1. The number of guanidine groups is 1. The first-order valence-corrected chi connectivity index (χ1v) is 4.05. The zero-order valence-electron chi connectivity index (χ0n) is 7.82. The molecule has 0 aromatic heterocycles. The summed E-state index contributed by atoms with van der Waals surface area (Å²) in [4.78, 5) is 14.4. The average Bonchev–Trinajstić information content (AvgIpc) is 2.01. The van der Waals surface area contributed by atoms with Gasteiger partial charge in [0.1, 0.15) is 0 Å². The molecule has 0 unspecified atom stereocenters. The lowest BCUT2D eigenvalue weighted by Gasteiger charge is -2.00. The van der Waals surface area contributed by atoms with Gasteiger partial charge in [-0.15, -0.1) is 0 Å². The number of carbonyl (C=O) groups is 1. The van der Waals surface area contributed by atoms with E-state index in [1.165, 1.54) is 0 Å². The molecule has 0 aliphatic rings. The summed E-state index contributed by atoms with van der Waals surface area (Å²) in [5.41, 5.74) is 12.0. The maximum atomic E-state index is 10.4. The molecule has 0 bridgehead atoms. The van der Waals surface area contributed by atoms with Crippen LogP contribution >= 0.6 is 0 Å². The van der Waals surface area contributed by atoms with Crippen LogP contribution in [0.4, 0.5) is 10.5 Å². The molecule has 5 N–H and O–H groups in total. The third-order valence-corrected chi connectivity index (χ3v) is 1.50. The van der Waals surface area contributed by atoms with Crippen LogP contribution in [0.3, 0.4) is 0 Å². The second-order valence-corrected chi connectivity index (χ2v) is 2.83.